The van der Waals surface area contributed by atoms with Crippen LogP contribution >= 0.6 is 0 Å². The molecule has 0 amide bonds. The van der Waals surface area contributed by atoms with Crippen molar-refractivity contribution in [3.63, 3.8) is 0 Å². The highest BCUT2D eigenvalue weighted by Gasteiger charge is 2.02. The van der Waals surface area contributed by atoms with Gasteiger partial charge in [0.05, 0.1) is 24.4 Å². The van der Waals surface area contributed by atoms with Gasteiger partial charge in [0.2, 0.25) is 0 Å². The van der Waals surface area contributed by atoms with E-state index in [2.05, 4.69) is 0 Å². The van der Waals surface area contributed by atoms with Crippen LogP contribution < -0.4 is 0 Å². The van der Waals surface area contributed by atoms with Crippen molar-refractivity contribution >= 4 is 0 Å². The van der Waals surface area contributed by atoms with Gasteiger partial charge in [-0.05, 0) is 59.3 Å². The van der Waals surface area contributed by atoms with Crippen molar-refractivity contribution in [2.75, 3.05) is 0 Å². The average Bonchev–Trinajstić information content (AvgIpc) is 2.25. The monoisotopic (exact) mass is 264 g/mol. The number of hydrogen-bond acceptors (Lipinski definition) is 4. The van der Waals surface area contributed by atoms with Gasteiger partial charge in [-0.2, -0.15) is 0 Å². The number of aliphatic hydroxyl groups excluding tert-OH is 4. The Bertz CT molecular complexity index is 150. The van der Waals surface area contributed by atoms with Crippen LogP contribution in [0.3, 0.4) is 0 Å². The summed E-state index contributed by atoms with van der Waals surface area (Å²) in [5.41, 5.74) is 0. The van der Waals surface area contributed by atoms with Crippen LogP contribution in [0.25, 0.3) is 0 Å². The van der Waals surface area contributed by atoms with Crippen LogP contribution in [0.2, 0.25) is 0 Å². The van der Waals surface area contributed by atoms with E-state index in [1.165, 1.54) is 0 Å². The largest absolute Gasteiger partial charge is 0.393 e. The molecular formula is C14H32O4. The molecule has 0 radical (unpaired) electrons. The van der Waals surface area contributed by atoms with Crippen LogP contribution in [0.5, 0.6) is 0 Å². The zero-order valence-corrected chi connectivity index (χ0v) is 12.3. The van der Waals surface area contributed by atoms with Crippen LogP contribution in [-0.4, -0.2) is 44.8 Å². The van der Waals surface area contributed by atoms with E-state index < -0.39 is 0 Å². The number of aliphatic hydroxyl groups is 4. The molecule has 4 unspecified atom stereocenters. The SMILES string of the molecule is CC(O)CCCC(C)O.CCC(O)CCC(C)O. The summed E-state index contributed by atoms with van der Waals surface area (Å²) in [6, 6.07) is 0. The molecule has 4 nitrogen and oxygen atoms in total. The highest BCUT2D eigenvalue weighted by atomic mass is 16.3. The zero-order chi connectivity index (χ0) is 14.6. The number of rotatable bonds is 8. The molecule has 4 N–H and O–H groups in total. The first-order chi connectivity index (χ1) is 8.29. The maximum atomic E-state index is 9.00. The third-order valence-electron chi connectivity index (χ3n) is 2.63. The Kier molecular flexibility index (Phi) is 14.9. The van der Waals surface area contributed by atoms with Crippen molar-refractivity contribution in [1.82, 2.24) is 0 Å². The Balaban J connectivity index is 0. The molecule has 0 fully saturated rings. The fourth-order valence-electron chi connectivity index (χ4n) is 1.35. The Morgan fingerprint density at radius 1 is 0.667 bits per heavy atom. The van der Waals surface area contributed by atoms with Gasteiger partial charge in [-0.15, -0.1) is 0 Å². The second-order valence-corrected chi connectivity index (χ2v) is 5.12. The molecule has 0 aliphatic heterocycles. The summed E-state index contributed by atoms with van der Waals surface area (Å²) in [7, 11) is 0. The molecule has 4 heteroatoms. The summed E-state index contributed by atoms with van der Waals surface area (Å²) in [4.78, 5) is 0. The van der Waals surface area contributed by atoms with Gasteiger partial charge in [-0.25, -0.2) is 0 Å². The maximum absolute atomic E-state index is 9.00. The second-order valence-electron chi connectivity index (χ2n) is 5.12. The second kappa shape index (κ2) is 13.3. The summed E-state index contributed by atoms with van der Waals surface area (Å²) in [5, 5.41) is 35.3. The van der Waals surface area contributed by atoms with Gasteiger partial charge in [0.1, 0.15) is 0 Å². The van der Waals surface area contributed by atoms with Crippen molar-refractivity contribution < 1.29 is 20.4 Å². The van der Waals surface area contributed by atoms with Gasteiger partial charge >= 0.3 is 0 Å². The lowest BCUT2D eigenvalue weighted by molar-refractivity contribution is 0.120. The van der Waals surface area contributed by atoms with Gasteiger partial charge in [0.15, 0.2) is 0 Å². The van der Waals surface area contributed by atoms with E-state index in [9.17, 15) is 0 Å². The van der Waals surface area contributed by atoms with Gasteiger partial charge in [-0.3, -0.25) is 0 Å². The van der Waals surface area contributed by atoms with E-state index in [0.29, 0.717) is 12.8 Å². The first-order valence-electron chi connectivity index (χ1n) is 7.01. The van der Waals surface area contributed by atoms with E-state index in [4.69, 9.17) is 20.4 Å². The summed E-state index contributed by atoms with van der Waals surface area (Å²) in [5.74, 6) is 0. The number of hydrogen-bond donors (Lipinski definition) is 4. The first kappa shape index (κ1) is 20.2. The fourth-order valence-corrected chi connectivity index (χ4v) is 1.35. The van der Waals surface area contributed by atoms with E-state index in [1.54, 1.807) is 20.8 Å². The van der Waals surface area contributed by atoms with E-state index in [-0.39, 0.29) is 24.4 Å². The highest BCUT2D eigenvalue weighted by molar-refractivity contribution is 4.55. The minimum atomic E-state index is -0.272. The maximum Gasteiger partial charge on any atom is 0.0538 e. The van der Waals surface area contributed by atoms with Crippen LogP contribution in [-0.2, 0) is 0 Å². The predicted octanol–water partition coefficient (Wildman–Crippen LogP) is 1.84. The molecule has 0 saturated heterocycles. The Hall–Kier alpha value is -0.160. The van der Waals surface area contributed by atoms with Crippen LogP contribution in [0, 0.1) is 0 Å². The molecule has 4 atom stereocenters. The lowest BCUT2D eigenvalue weighted by atomic mass is 10.1. The van der Waals surface area contributed by atoms with Gasteiger partial charge in [-0.1, -0.05) is 6.92 Å². The van der Waals surface area contributed by atoms with E-state index in [1.807, 2.05) is 6.92 Å². The third kappa shape index (κ3) is 21.2. The van der Waals surface area contributed by atoms with Gasteiger partial charge in [0.25, 0.3) is 0 Å². The molecule has 0 rings (SSSR count). The van der Waals surface area contributed by atoms with Crippen molar-refractivity contribution in [1.29, 1.82) is 0 Å². The fraction of sp³-hybridized carbons (Fsp3) is 1.00. The van der Waals surface area contributed by atoms with Crippen molar-refractivity contribution in [3.05, 3.63) is 0 Å². The Labute approximate surface area is 112 Å². The van der Waals surface area contributed by atoms with E-state index >= 15 is 0 Å². The van der Waals surface area contributed by atoms with Gasteiger partial charge < -0.3 is 20.4 Å². The molecule has 0 aromatic heterocycles. The Morgan fingerprint density at radius 2 is 1.06 bits per heavy atom. The quantitative estimate of drug-likeness (QED) is 0.539. The topological polar surface area (TPSA) is 80.9 Å². The minimum absolute atomic E-state index is 0.219. The van der Waals surface area contributed by atoms with Gasteiger partial charge in [0, 0.05) is 0 Å². The van der Waals surface area contributed by atoms with Crippen LogP contribution in [0.4, 0.5) is 0 Å². The molecule has 0 aromatic rings. The molecule has 0 bridgehead atoms. The summed E-state index contributed by atoms with van der Waals surface area (Å²) in [6.07, 6.45) is 3.78. The average molecular weight is 264 g/mol. The first-order valence-corrected chi connectivity index (χ1v) is 7.01. The van der Waals surface area contributed by atoms with Crippen LogP contribution in [0.1, 0.15) is 66.2 Å². The molecule has 18 heavy (non-hydrogen) atoms. The molecule has 112 valence electrons. The predicted molar refractivity (Wildman–Crippen MR) is 74.4 cm³/mol. The van der Waals surface area contributed by atoms with Crippen molar-refractivity contribution in [3.8, 4) is 0 Å². The normalized spacial score (nSPS) is 17.3. The van der Waals surface area contributed by atoms with Crippen molar-refractivity contribution in [2.45, 2.75) is 90.6 Å². The highest BCUT2D eigenvalue weighted by Crippen LogP contribution is 2.03. The molecular weight excluding hydrogens is 232 g/mol. The summed E-state index contributed by atoms with van der Waals surface area (Å²) >= 11 is 0. The lowest BCUT2D eigenvalue weighted by Crippen LogP contribution is -2.08. The minimum Gasteiger partial charge on any atom is -0.393 e. The molecule has 0 aliphatic carbocycles. The van der Waals surface area contributed by atoms with Crippen LogP contribution in [0.15, 0.2) is 0 Å². The standard InChI is InChI=1S/2C7H16O2/c1-6(8)4-3-5-7(2)9;1-3-7(9)5-4-6(2)8/h2*6-9H,3-5H2,1-2H3. The summed E-state index contributed by atoms with van der Waals surface area (Å²) in [6.45, 7) is 7.21. The molecule has 0 aromatic carbocycles. The molecule has 0 spiro atoms. The van der Waals surface area contributed by atoms with E-state index in [0.717, 1.165) is 25.7 Å². The molecule has 0 heterocycles. The smallest absolute Gasteiger partial charge is 0.0538 e. The molecule has 0 aliphatic rings. The molecule has 0 saturated carbocycles. The Morgan fingerprint density at radius 3 is 1.33 bits per heavy atom. The zero-order valence-electron chi connectivity index (χ0n) is 12.3. The third-order valence-corrected chi connectivity index (χ3v) is 2.63. The lowest BCUT2D eigenvalue weighted by Gasteiger charge is -2.07. The van der Waals surface area contributed by atoms with Crippen molar-refractivity contribution in [2.24, 2.45) is 0 Å². The summed E-state index contributed by atoms with van der Waals surface area (Å²) < 4.78 is 0.